The number of nitrogens with one attached hydrogen (secondary N) is 1. The Labute approximate surface area is 185 Å². The number of hydrogen-bond donors (Lipinski definition) is 2. The topological polar surface area (TPSA) is 126 Å². The third kappa shape index (κ3) is 5.90. The Morgan fingerprint density at radius 1 is 1.16 bits per heavy atom. The first-order chi connectivity index (χ1) is 15.4. The van der Waals surface area contributed by atoms with Crippen molar-refractivity contribution in [3.8, 4) is 11.6 Å². The summed E-state index contributed by atoms with van der Waals surface area (Å²) >= 11 is 0. The molecular weight excluding hydrogens is 414 g/mol. The Kier molecular flexibility index (Phi) is 7.54. The summed E-state index contributed by atoms with van der Waals surface area (Å²) in [5.74, 6) is -3.74. The van der Waals surface area contributed by atoms with Crippen LogP contribution < -0.4 is 10.1 Å². The summed E-state index contributed by atoms with van der Waals surface area (Å²) in [7, 11) is 0. The molecule has 1 fully saturated rings. The third-order valence-electron chi connectivity index (χ3n) is 5.04. The first-order valence-corrected chi connectivity index (χ1v) is 10.4. The monoisotopic (exact) mass is 439 g/mol. The smallest absolute Gasteiger partial charge is 0.322 e. The quantitative estimate of drug-likeness (QED) is 0.572. The summed E-state index contributed by atoms with van der Waals surface area (Å²) in [5, 5.41) is 10.8. The number of carboxylic acids is 1. The number of nitrogens with zero attached hydrogens (tertiary/aromatic N) is 2. The summed E-state index contributed by atoms with van der Waals surface area (Å²) in [6.07, 6.45) is 3.68. The number of Topliss-reactive ketones (excluding diaryl/α,β-unsaturated/α-hetero) is 1. The third-order valence-corrected chi connectivity index (χ3v) is 5.04. The number of aromatic nitrogens is 1. The molecule has 2 amide bonds. The minimum Gasteiger partial charge on any atom is -0.480 e. The number of benzene rings is 1. The van der Waals surface area contributed by atoms with Crippen LogP contribution in [0.1, 0.15) is 30.9 Å². The summed E-state index contributed by atoms with van der Waals surface area (Å²) < 4.78 is 5.75. The first-order valence-electron chi connectivity index (χ1n) is 10.4. The van der Waals surface area contributed by atoms with E-state index in [2.05, 4.69) is 17.2 Å². The van der Waals surface area contributed by atoms with Gasteiger partial charge in [0.15, 0.2) is 11.7 Å². The van der Waals surface area contributed by atoms with Crippen molar-refractivity contribution in [2.45, 2.75) is 32.7 Å². The van der Waals surface area contributed by atoms with E-state index in [1.54, 1.807) is 18.3 Å². The number of pyridine rings is 1. The van der Waals surface area contributed by atoms with Gasteiger partial charge < -0.3 is 20.1 Å². The first kappa shape index (κ1) is 22.9. The molecule has 1 aliphatic rings. The van der Waals surface area contributed by atoms with Crippen molar-refractivity contribution in [1.29, 1.82) is 0 Å². The van der Waals surface area contributed by atoms with Crippen molar-refractivity contribution in [3.63, 3.8) is 0 Å². The van der Waals surface area contributed by atoms with Gasteiger partial charge in [0.2, 0.25) is 17.7 Å². The molecule has 2 N–H and O–H groups in total. The number of carboxylic acid groups (broad SMARTS) is 1. The number of likely N-dealkylation sites (tertiary alicyclic amines) is 1. The van der Waals surface area contributed by atoms with Crippen LogP contribution in [0.25, 0.3) is 0 Å². The van der Waals surface area contributed by atoms with E-state index in [1.165, 1.54) is 10.5 Å². The van der Waals surface area contributed by atoms with Gasteiger partial charge in [-0.2, -0.15) is 0 Å². The molecule has 2 heterocycles. The Bertz CT molecular complexity index is 988. The molecule has 9 nitrogen and oxygen atoms in total. The lowest BCUT2D eigenvalue weighted by molar-refractivity contribution is -0.152. The van der Waals surface area contributed by atoms with E-state index in [1.807, 2.05) is 24.3 Å². The number of aliphatic carboxylic acids is 1. The van der Waals surface area contributed by atoms with Crippen molar-refractivity contribution in [2.75, 3.05) is 13.1 Å². The molecule has 1 aromatic carbocycles. The predicted octanol–water partition coefficient (Wildman–Crippen LogP) is 1.94. The molecule has 0 saturated carbocycles. The second-order valence-electron chi connectivity index (χ2n) is 7.52. The van der Waals surface area contributed by atoms with E-state index in [0.29, 0.717) is 17.2 Å². The lowest BCUT2D eigenvalue weighted by Crippen LogP contribution is -2.52. The van der Waals surface area contributed by atoms with Crippen LogP contribution in [0, 0.1) is 5.92 Å². The Balaban J connectivity index is 1.60. The van der Waals surface area contributed by atoms with Crippen LogP contribution in [0.4, 0.5) is 0 Å². The van der Waals surface area contributed by atoms with Crippen LogP contribution in [-0.4, -0.2) is 51.6 Å². The maximum Gasteiger partial charge on any atom is 0.322 e. The highest BCUT2D eigenvalue weighted by molar-refractivity contribution is 6.19. The highest BCUT2D eigenvalue weighted by Crippen LogP contribution is 2.22. The lowest BCUT2D eigenvalue weighted by atomic mass is 9.94. The highest BCUT2D eigenvalue weighted by atomic mass is 16.5. The average molecular weight is 439 g/mol. The van der Waals surface area contributed by atoms with Gasteiger partial charge in [0.1, 0.15) is 12.3 Å². The predicted molar refractivity (Wildman–Crippen MR) is 114 cm³/mol. The number of piperidine rings is 1. The summed E-state index contributed by atoms with van der Waals surface area (Å²) in [4.78, 5) is 53.2. The minimum absolute atomic E-state index is 0.0273. The van der Waals surface area contributed by atoms with Crippen LogP contribution >= 0.6 is 0 Å². The van der Waals surface area contributed by atoms with Crippen LogP contribution in [-0.2, 0) is 32.1 Å². The molecule has 168 valence electrons. The summed E-state index contributed by atoms with van der Waals surface area (Å²) in [6.45, 7) is 1.83. The zero-order valence-corrected chi connectivity index (χ0v) is 17.7. The number of carbonyl (C=O) groups excluding carboxylic acids is 3. The number of rotatable bonds is 9. The molecule has 2 aromatic rings. The van der Waals surface area contributed by atoms with Crippen LogP contribution in [0.2, 0.25) is 0 Å². The highest BCUT2D eigenvalue weighted by Gasteiger charge is 2.40. The van der Waals surface area contributed by atoms with Crippen LogP contribution in [0.15, 0.2) is 42.6 Å². The van der Waals surface area contributed by atoms with Gasteiger partial charge in [0, 0.05) is 31.8 Å². The van der Waals surface area contributed by atoms with Gasteiger partial charge in [-0.25, -0.2) is 4.98 Å². The molecule has 1 saturated heterocycles. The summed E-state index contributed by atoms with van der Waals surface area (Å²) in [5.41, 5.74) is 1.95. The second kappa shape index (κ2) is 10.5. The number of carbonyl (C=O) groups is 4. The molecule has 0 spiro atoms. The molecule has 1 unspecified atom stereocenters. The van der Waals surface area contributed by atoms with E-state index < -0.39 is 36.0 Å². The summed E-state index contributed by atoms with van der Waals surface area (Å²) in [6, 6.07) is 11.3. The van der Waals surface area contributed by atoms with E-state index in [9.17, 15) is 19.2 Å². The molecule has 1 aromatic heterocycles. The average Bonchev–Trinajstić information content (AvgIpc) is 2.77. The molecule has 0 aliphatic carbocycles. The molecule has 9 heteroatoms. The normalized spacial score (nSPS) is 16.0. The number of aryl methyl sites for hydroxylation is 1. The number of ether oxygens (including phenoxy) is 1. The number of amides is 2. The molecule has 0 radical (unpaired) electrons. The van der Waals surface area contributed by atoms with Crippen LogP contribution in [0.3, 0.4) is 0 Å². The van der Waals surface area contributed by atoms with Gasteiger partial charge in [-0.3, -0.25) is 19.2 Å². The Morgan fingerprint density at radius 2 is 1.88 bits per heavy atom. The van der Waals surface area contributed by atoms with E-state index in [0.717, 1.165) is 12.8 Å². The van der Waals surface area contributed by atoms with Gasteiger partial charge in [-0.15, -0.1) is 0 Å². The lowest BCUT2D eigenvalue weighted by Gasteiger charge is -2.30. The maximum atomic E-state index is 12.7. The molecule has 1 atom stereocenters. The standard InChI is InChI=1S/C23H25N3O6/c1-2-3-15-4-7-17(8-5-15)32-19-9-6-16(12-24-19)14-26-11-10-18(27)21(23(26)31)22(30)25-13-20(28)29/h4-9,12,21H,2-3,10-11,13-14H2,1H3,(H,25,30)(H,28,29). The Hall–Kier alpha value is -3.75. The van der Waals surface area contributed by atoms with Gasteiger partial charge >= 0.3 is 5.97 Å². The Morgan fingerprint density at radius 3 is 2.50 bits per heavy atom. The number of ketones is 1. The van der Waals surface area contributed by atoms with Gasteiger partial charge in [-0.1, -0.05) is 31.5 Å². The molecule has 1 aliphatic heterocycles. The largest absolute Gasteiger partial charge is 0.480 e. The molecular formula is C23H25N3O6. The van der Waals surface area contributed by atoms with Gasteiger partial charge in [0.05, 0.1) is 0 Å². The van der Waals surface area contributed by atoms with Gasteiger partial charge in [0.25, 0.3) is 0 Å². The van der Waals surface area contributed by atoms with Crippen molar-refractivity contribution >= 4 is 23.6 Å². The maximum absolute atomic E-state index is 12.7. The fourth-order valence-electron chi connectivity index (χ4n) is 3.42. The van der Waals surface area contributed by atoms with Gasteiger partial charge in [-0.05, 0) is 29.7 Å². The van der Waals surface area contributed by atoms with Crippen molar-refractivity contribution in [3.05, 3.63) is 53.7 Å². The minimum atomic E-state index is -1.52. The fourth-order valence-corrected chi connectivity index (χ4v) is 3.42. The van der Waals surface area contributed by atoms with Crippen molar-refractivity contribution in [2.24, 2.45) is 5.92 Å². The van der Waals surface area contributed by atoms with Crippen LogP contribution in [0.5, 0.6) is 11.6 Å². The molecule has 0 bridgehead atoms. The number of hydrogen-bond acceptors (Lipinski definition) is 6. The SMILES string of the molecule is CCCc1ccc(Oc2ccc(CN3CCC(=O)C(C(=O)NCC(=O)O)C3=O)cn2)cc1. The fraction of sp³-hybridized carbons (Fsp3) is 0.348. The van der Waals surface area contributed by atoms with E-state index >= 15 is 0 Å². The van der Waals surface area contributed by atoms with E-state index in [-0.39, 0.29) is 19.5 Å². The van der Waals surface area contributed by atoms with E-state index in [4.69, 9.17) is 9.84 Å². The zero-order valence-electron chi connectivity index (χ0n) is 17.7. The molecule has 3 rings (SSSR count). The molecule has 32 heavy (non-hydrogen) atoms. The second-order valence-corrected chi connectivity index (χ2v) is 7.52. The van der Waals surface area contributed by atoms with Crippen molar-refractivity contribution in [1.82, 2.24) is 15.2 Å². The zero-order chi connectivity index (χ0) is 23.1. The van der Waals surface area contributed by atoms with Crippen molar-refractivity contribution < 1.29 is 29.0 Å².